The van der Waals surface area contributed by atoms with Crippen LogP contribution in [0.25, 0.3) is 0 Å². The predicted molar refractivity (Wildman–Crippen MR) is 126 cm³/mol. The average molecular weight is 437 g/mol. The van der Waals surface area contributed by atoms with E-state index in [1.165, 1.54) is 11.1 Å². The van der Waals surface area contributed by atoms with Crippen molar-refractivity contribution in [1.29, 1.82) is 0 Å². The maximum atomic E-state index is 13.9. The van der Waals surface area contributed by atoms with Crippen molar-refractivity contribution in [3.05, 3.63) is 65.2 Å². The number of rotatable bonds is 7. The van der Waals surface area contributed by atoms with E-state index in [0.29, 0.717) is 6.54 Å². The van der Waals surface area contributed by atoms with E-state index in [2.05, 4.69) is 61.8 Å². The van der Waals surface area contributed by atoms with Crippen molar-refractivity contribution in [2.75, 3.05) is 6.26 Å². The standard InChI is InChI=1S/C26H32N2O2S/c1-4-17(5-2)24-25(29)27-23(21-14-18-10-6-7-11-19(18)15-21)26(30)28(24)16-20-12-8-9-13-22(20)31-3/h6-13,17,21,23-24H,4-5,14-16H2,1-3H3,(H,27,29)/t23-,24-/m1/s1. The molecule has 2 aromatic carbocycles. The fourth-order valence-electron chi connectivity index (χ4n) is 5.30. The quantitative estimate of drug-likeness (QED) is 0.652. The highest BCUT2D eigenvalue weighted by molar-refractivity contribution is 7.98. The molecule has 164 valence electrons. The number of amides is 2. The Balaban J connectivity index is 1.65. The Kier molecular flexibility index (Phi) is 6.71. The molecular weight excluding hydrogens is 404 g/mol. The van der Waals surface area contributed by atoms with E-state index in [4.69, 9.17) is 0 Å². The molecule has 4 nitrogen and oxygen atoms in total. The van der Waals surface area contributed by atoms with Crippen LogP contribution in [0.1, 0.15) is 43.4 Å². The van der Waals surface area contributed by atoms with E-state index in [-0.39, 0.29) is 23.7 Å². The molecule has 31 heavy (non-hydrogen) atoms. The van der Waals surface area contributed by atoms with Gasteiger partial charge in [0.25, 0.3) is 0 Å². The molecule has 1 aliphatic carbocycles. The molecule has 1 fully saturated rings. The van der Waals surface area contributed by atoms with Crippen LogP contribution >= 0.6 is 11.8 Å². The number of nitrogens with zero attached hydrogens (tertiary/aromatic N) is 1. The third-order valence-electron chi connectivity index (χ3n) is 7.03. The summed E-state index contributed by atoms with van der Waals surface area (Å²) < 4.78 is 0. The molecule has 1 aliphatic heterocycles. The number of fused-ring (bicyclic) bond motifs is 1. The third-order valence-corrected chi connectivity index (χ3v) is 7.87. The molecule has 0 radical (unpaired) electrons. The van der Waals surface area contributed by atoms with Gasteiger partial charge in [0.05, 0.1) is 0 Å². The average Bonchev–Trinajstić information content (AvgIpc) is 3.22. The minimum atomic E-state index is -0.452. The Morgan fingerprint density at radius 3 is 2.23 bits per heavy atom. The fourth-order valence-corrected chi connectivity index (χ4v) is 5.91. The van der Waals surface area contributed by atoms with Crippen LogP contribution in [0, 0.1) is 11.8 Å². The van der Waals surface area contributed by atoms with Crippen LogP contribution in [0.5, 0.6) is 0 Å². The second-order valence-electron chi connectivity index (χ2n) is 8.72. The lowest BCUT2D eigenvalue weighted by atomic mass is 9.86. The molecule has 2 aliphatic rings. The highest BCUT2D eigenvalue weighted by Crippen LogP contribution is 2.34. The Bertz CT molecular complexity index is 931. The van der Waals surface area contributed by atoms with Gasteiger partial charge in [0.1, 0.15) is 12.1 Å². The number of hydrogen-bond donors (Lipinski definition) is 1. The van der Waals surface area contributed by atoms with Gasteiger partial charge in [-0.2, -0.15) is 0 Å². The zero-order chi connectivity index (χ0) is 22.0. The number of carbonyl (C=O) groups excluding carboxylic acids is 2. The van der Waals surface area contributed by atoms with Crippen LogP contribution in [-0.4, -0.2) is 35.1 Å². The molecule has 0 bridgehead atoms. The fraction of sp³-hybridized carbons (Fsp3) is 0.462. The van der Waals surface area contributed by atoms with Gasteiger partial charge >= 0.3 is 0 Å². The van der Waals surface area contributed by atoms with Crippen molar-refractivity contribution < 1.29 is 9.59 Å². The molecule has 1 heterocycles. The van der Waals surface area contributed by atoms with Gasteiger partial charge in [-0.25, -0.2) is 0 Å². The second-order valence-corrected chi connectivity index (χ2v) is 9.57. The van der Waals surface area contributed by atoms with Crippen LogP contribution in [0.3, 0.4) is 0 Å². The molecule has 1 saturated heterocycles. The van der Waals surface area contributed by atoms with Gasteiger partial charge in [-0.15, -0.1) is 11.8 Å². The van der Waals surface area contributed by atoms with Crippen molar-refractivity contribution in [1.82, 2.24) is 10.2 Å². The molecule has 4 rings (SSSR count). The van der Waals surface area contributed by atoms with E-state index in [1.807, 2.05) is 17.0 Å². The first kappa shape index (κ1) is 21.9. The van der Waals surface area contributed by atoms with Crippen LogP contribution in [0.2, 0.25) is 0 Å². The zero-order valence-electron chi connectivity index (χ0n) is 18.6. The number of nitrogens with one attached hydrogen (secondary N) is 1. The molecule has 0 saturated carbocycles. The van der Waals surface area contributed by atoms with Gasteiger partial charge in [-0.05, 0) is 53.7 Å². The van der Waals surface area contributed by atoms with Crippen LogP contribution < -0.4 is 5.32 Å². The van der Waals surface area contributed by atoms with Crippen LogP contribution in [0.15, 0.2) is 53.4 Å². The van der Waals surface area contributed by atoms with E-state index < -0.39 is 12.1 Å². The number of piperazine rings is 1. The maximum Gasteiger partial charge on any atom is 0.246 e. The summed E-state index contributed by atoms with van der Waals surface area (Å²) in [4.78, 5) is 30.3. The highest BCUT2D eigenvalue weighted by Gasteiger charge is 2.47. The smallest absolute Gasteiger partial charge is 0.246 e. The minimum absolute atomic E-state index is 0.0101. The summed E-state index contributed by atoms with van der Waals surface area (Å²) in [6, 6.07) is 15.7. The van der Waals surface area contributed by atoms with Crippen molar-refractivity contribution in [3.8, 4) is 0 Å². The summed E-state index contributed by atoms with van der Waals surface area (Å²) >= 11 is 1.69. The van der Waals surface area contributed by atoms with E-state index in [1.54, 1.807) is 11.8 Å². The first-order chi connectivity index (χ1) is 15.1. The molecule has 5 heteroatoms. The SMILES string of the molecule is CCC(CC)[C@@H]1C(=O)N[C@H](C2Cc3ccccc3C2)C(=O)N1Cc1ccccc1SC. The van der Waals surface area contributed by atoms with Crippen molar-refractivity contribution in [3.63, 3.8) is 0 Å². The molecule has 2 amide bonds. The Morgan fingerprint density at radius 2 is 1.61 bits per heavy atom. The van der Waals surface area contributed by atoms with E-state index >= 15 is 0 Å². The van der Waals surface area contributed by atoms with E-state index in [9.17, 15) is 9.59 Å². The Labute approximate surface area is 189 Å². The molecular formula is C26H32N2O2S. The molecule has 1 N–H and O–H groups in total. The summed E-state index contributed by atoms with van der Waals surface area (Å²) in [5.74, 6) is 0.364. The highest BCUT2D eigenvalue weighted by atomic mass is 32.2. The van der Waals surface area contributed by atoms with Gasteiger partial charge in [-0.3, -0.25) is 9.59 Å². The first-order valence-corrected chi connectivity index (χ1v) is 12.6. The largest absolute Gasteiger partial charge is 0.342 e. The summed E-state index contributed by atoms with van der Waals surface area (Å²) in [6.45, 7) is 4.71. The number of hydrogen-bond acceptors (Lipinski definition) is 3. The predicted octanol–water partition coefficient (Wildman–Crippen LogP) is 4.46. The Hall–Kier alpha value is -2.27. The van der Waals surface area contributed by atoms with Crippen molar-refractivity contribution in [2.24, 2.45) is 11.8 Å². The van der Waals surface area contributed by atoms with Gasteiger partial charge in [-0.1, -0.05) is 69.2 Å². The number of carbonyl (C=O) groups is 2. The summed E-state index contributed by atoms with van der Waals surface area (Å²) in [5, 5.41) is 3.15. The van der Waals surface area contributed by atoms with Crippen molar-refractivity contribution in [2.45, 2.75) is 63.1 Å². The molecule has 0 unspecified atom stereocenters. The molecule has 2 aromatic rings. The van der Waals surface area contributed by atoms with Gasteiger partial charge in [0, 0.05) is 11.4 Å². The Morgan fingerprint density at radius 1 is 1.00 bits per heavy atom. The van der Waals surface area contributed by atoms with Crippen LogP contribution in [0.4, 0.5) is 0 Å². The van der Waals surface area contributed by atoms with Gasteiger partial charge < -0.3 is 10.2 Å². The van der Waals surface area contributed by atoms with Gasteiger partial charge in [0.15, 0.2) is 0 Å². The lowest BCUT2D eigenvalue weighted by molar-refractivity contribution is -0.154. The number of thioether (sulfide) groups is 1. The number of benzene rings is 2. The maximum absolute atomic E-state index is 13.9. The van der Waals surface area contributed by atoms with Crippen LogP contribution in [-0.2, 0) is 29.0 Å². The lowest BCUT2D eigenvalue weighted by Crippen LogP contribution is -2.66. The molecule has 2 atom stereocenters. The topological polar surface area (TPSA) is 49.4 Å². The second kappa shape index (κ2) is 9.47. The normalized spacial score (nSPS) is 21.5. The van der Waals surface area contributed by atoms with E-state index in [0.717, 1.165) is 36.1 Å². The monoisotopic (exact) mass is 436 g/mol. The summed E-state index contributed by atoms with van der Waals surface area (Å²) in [6.07, 6.45) is 5.50. The summed E-state index contributed by atoms with van der Waals surface area (Å²) in [5.41, 5.74) is 3.72. The minimum Gasteiger partial charge on any atom is -0.342 e. The lowest BCUT2D eigenvalue weighted by Gasteiger charge is -2.44. The molecule has 0 aromatic heterocycles. The van der Waals surface area contributed by atoms with Gasteiger partial charge in [0.2, 0.25) is 11.8 Å². The molecule has 0 spiro atoms. The first-order valence-electron chi connectivity index (χ1n) is 11.4. The third kappa shape index (κ3) is 4.25. The zero-order valence-corrected chi connectivity index (χ0v) is 19.5. The van der Waals surface area contributed by atoms with Crippen molar-refractivity contribution >= 4 is 23.6 Å². The summed E-state index contributed by atoms with van der Waals surface area (Å²) in [7, 11) is 0.